The maximum atomic E-state index is 12.8. The molecule has 1 aromatic carbocycles. The number of quaternary nitrogens is 1. The second-order valence-corrected chi connectivity index (χ2v) is 7.49. The third kappa shape index (κ3) is 3.34. The first-order chi connectivity index (χ1) is 12.6. The van der Waals surface area contributed by atoms with Gasteiger partial charge in [0.05, 0.1) is 26.2 Å². The number of thiazole rings is 1. The van der Waals surface area contributed by atoms with Gasteiger partial charge in [0.1, 0.15) is 6.61 Å². The van der Waals surface area contributed by atoms with Crippen molar-refractivity contribution in [2.45, 2.75) is 19.7 Å². The van der Waals surface area contributed by atoms with Crippen LogP contribution >= 0.6 is 11.3 Å². The van der Waals surface area contributed by atoms with Crippen LogP contribution in [0.25, 0.3) is 0 Å². The molecular weight excluding hydrogens is 354 g/mol. The Morgan fingerprint density at radius 3 is 2.69 bits per heavy atom. The first-order valence-corrected chi connectivity index (χ1v) is 9.65. The summed E-state index contributed by atoms with van der Waals surface area (Å²) in [7, 11) is 0. The molecule has 0 radical (unpaired) electrons. The Morgan fingerprint density at radius 1 is 1.27 bits per heavy atom. The van der Waals surface area contributed by atoms with Gasteiger partial charge < -0.3 is 19.3 Å². The van der Waals surface area contributed by atoms with E-state index in [1.807, 2.05) is 46.0 Å². The summed E-state index contributed by atoms with van der Waals surface area (Å²) in [6.07, 6.45) is -0.590. The van der Waals surface area contributed by atoms with Crippen LogP contribution < -0.4 is 19.2 Å². The van der Waals surface area contributed by atoms with Crippen LogP contribution in [0.2, 0.25) is 0 Å². The maximum Gasteiger partial charge on any atom is 0.311 e. The van der Waals surface area contributed by atoms with E-state index in [0.717, 1.165) is 18.8 Å². The zero-order valence-corrected chi connectivity index (χ0v) is 15.5. The average molecular weight is 376 g/mol. The first-order valence-electron chi connectivity index (χ1n) is 8.77. The number of hydrogen-bond donors (Lipinski definition) is 1. The molecule has 2 aliphatic heterocycles. The van der Waals surface area contributed by atoms with Crippen molar-refractivity contribution in [3.63, 3.8) is 0 Å². The molecule has 0 unspecified atom stereocenters. The quantitative estimate of drug-likeness (QED) is 0.802. The van der Waals surface area contributed by atoms with Crippen LogP contribution in [-0.4, -0.2) is 54.3 Å². The highest BCUT2D eigenvalue weighted by molar-refractivity contribution is 7.07. The Bertz CT molecular complexity index is 854. The number of benzene rings is 1. The third-order valence-corrected chi connectivity index (χ3v) is 5.81. The summed E-state index contributed by atoms with van der Waals surface area (Å²) < 4.78 is 13.3. The van der Waals surface area contributed by atoms with Gasteiger partial charge in [-0.1, -0.05) is 23.5 Å². The monoisotopic (exact) mass is 376 g/mol. The predicted molar refractivity (Wildman–Crippen MR) is 96.9 cm³/mol. The molecule has 7 nitrogen and oxygen atoms in total. The smallest absolute Gasteiger partial charge is 0.311 e. The van der Waals surface area contributed by atoms with Crippen molar-refractivity contribution in [1.82, 2.24) is 9.47 Å². The Labute approximate surface area is 155 Å². The predicted octanol–water partition coefficient (Wildman–Crippen LogP) is -0.257. The number of carbonyl (C=O) groups is 1. The van der Waals surface area contributed by atoms with Gasteiger partial charge in [0.15, 0.2) is 18.2 Å². The molecule has 1 fully saturated rings. The van der Waals surface area contributed by atoms with Crippen molar-refractivity contribution in [2.24, 2.45) is 0 Å². The van der Waals surface area contributed by atoms with E-state index in [2.05, 4.69) is 0 Å². The van der Waals surface area contributed by atoms with E-state index in [-0.39, 0.29) is 17.4 Å². The standard InChI is InChI=1S/C18H21N3O4S/c1-13-11-26-18(23)21(13)12-19-6-8-20(9-7-19)17(22)16-10-24-14-4-2-3-5-15(14)25-16/h2-5,11,16H,6-10,12H2,1H3/p+1/t16-/m1/s1. The number of amides is 1. The van der Waals surface area contributed by atoms with Crippen molar-refractivity contribution in [1.29, 1.82) is 0 Å². The number of nitrogens with one attached hydrogen (secondary N) is 1. The summed E-state index contributed by atoms with van der Waals surface area (Å²) in [4.78, 5) is 27.9. The van der Waals surface area contributed by atoms with E-state index in [9.17, 15) is 9.59 Å². The average Bonchev–Trinajstić information content (AvgIpc) is 2.99. The fourth-order valence-electron chi connectivity index (χ4n) is 3.37. The minimum atomic E-state index is -0.590. The molecule has 0 spiro atoms. The number of aryl methyl sites for hydroxylation is 1. The summed E-state index contributed by atoms with van der Waals surface area (Å²) in [5.74, 6) is 1.28. The van der Waals surface area contributed by atoms with Crippen molar-refractivity contribution in [3.8, 4) is 11.5 Å². The number of hydrogen-bond acceptors (Lipinski definition) is 5. The lowest BCUT2D eigenvalue weighted by atomic mass is 10.2. The van der Waals surface area contributed by atoms with E-state index in [1.54, 1.807) is 0 Å². The molecule has 0 saturated carbocycles. The van der Waals surface area contributed by atoms with Gasteiger partial charge in [-0.2, -0.15) is 0 Å². The molecule has 4 rings (SSSR count). The second kappa shape index (κ2) is 7.13. The highest BCUT2D eigenvalue weighted by Gasteiger charge is 2.33. The van der Waals surface area contributed by atoms with Crippen LogP contribution in [0.3, 0.4) is 0 Å². The van der Waals surface area contributed by atoms with Crippen LogP contribution in [0, 0.1) is 6.92 Å². The second-order valence-electron chi connectivity index (χ2n) is 6.67. The van der Waals surface area contributed by atoms with E-state index in [1.165, 1.54) is 16.2 Å². The van der Waals surface area contributed by atoms with Crippen LogP contribution in [0.5, 0.6) is 11.5 Å². The molecule has 2 aliphatic rings. The minimum Gasteiger partial charge on any atom is -0.485 e. The summed E-state index contributed by atoms with van der Waals surface area (Å²) >= 11 is 1.24. The SMILES string of the molecule is Cc1csc(=O)n1C[NH+]1CCN(C(=O)[C@H]2COc3ccccc3O2)CC1. The highest BCUT2D eigenvalue weighted by Crippen LogP contribution is 2.31. The lowest BCUT2D eigenvalue weighted by Crippen LogP contribution is -3.14. The summed E-state index contributed by atoms with van der Waals surface area (Å²) in [6.45, 7) is 5.81. The molecule has 3 heterocycles. The number of para-hydroxylation sites is 2. The van der Waals surface area contributed by atoms with Crippen LogP contribution in [-0.2, 0) is 11.5 Å². The zero-order valence-electron chi connectivity index (χ0n) is 14.6. The summed E-state index contributed by atoms with van der Waals surface area (Å²) in [5.41, 5.74) is 0.998. The summed E-state index contributed by atoms with van der Waals surface area (Å²) in [5, 5.41) is 1.89. The number of nitrogens with zero attached hydrogens (tertiary/aromatic N) is 2. The minimum absolute atomic E-state index is 0.0255. The molecule has 8 heteroatoms. The number of rotatable bonds is 3. The largest absolute Gasteiger partial charge is 0.485 e. The number of piperazine rings is 1. The van der Waals surface area contributed by atoms with Gasteiger partial charge in [-0.05, 0) is 19.1 Å². The van der Waals surface area contributed by atoms with Crippen molar-refractivity contribution in [2.75, 3.05) is 32.8 Å². The number of carbonyl (C=O) groups excluding carboxylic acids is 1. The molecule has 26 heavy (non-hydrogen) atoms. The van der Waals surface area contributed by atoms with E-state index in [4.69, 9.17) is 9.47 Å². The molecule has 1 atom stereocenters. The van der Waals surface area contributed by atoms with Gasteiger partial charge in [0.25, 0.3) is 5.91 Å². The van der Waals surface area contributed by atoms with Crippen molar-refractivity contribution >= 4 is 17.2 Å². The molecule has 0 aliphatic carbocycles. The van der Waals surface area contributed by atoms with E-state index < -0.39 is 6.10 Å². The van der Waals surface area contributed by atoms with Crippen molar-refractivity contribution in [3.05, 3.63) is 45.0 Å². The van der Waals surface area contributed by atoms with Gasteiger partial charge in [0, 0.05) is 11.1 Å². The number of fused-ring (bicyclic) bond motifs is 1. The molecular formula is C18H22N3O4S+. The highest BCUT2D eigenvalue weighted by atomic mass is 32.1. The fourth-order valence-corrected chi connectivity index (χ4v) is 4.10. The van der Waals surface area contributed by atoms with Crippen molar-refractivity contribution < 1.29 is 19.2 Å². The Hall–Kier alpha value is -2.32. The van der Waals surface area contributed by atoms with Gasteiger partial charge in [-0.3, -0.25) is 14.2 Å². The molecule has 1 amide bonds. The number of ether oxygens (including phenoxy) is 2. The molecule has 1 saturated heterocycles. The lowest BCUT2D eigenvalue weighted by molar-refractivity contribution is -0.926. The van der Waals surface area contributed by atoms with Gasteiger partial charge in [-0.15, -0.1) is 0 Å². The lowest BCUT2D eigenvalue weighted by Gasteiger charge is -2.35. The fraction of sp³-hybridized carbons (Fsp3) is 0.444. The van der Waals surface area contributed by atoms with Gasteiger partial charge >= 0.3 is 4.87 Å². The third-order valence-electron chi connectivity index (χ3n) is 4.92. The van der Waals surface area contributed by atoms with E-state index in [0.29, 0.717) is 31.3 Å². The van der Waals surface area contributed by atoms with Gasteiger partial charge in [0.2, 0.25) is 6.10 Å². The number of aromatic nitrogens is 1. The van der Waals surface area contributed by atoms with Crippen LogP contribution in [0.1, 0.15) is 5.69 Å². The zero-order chi connectivity index (χ0) is 18.1. The van der Waals surface area contributed by atoms with E-state index >= 15 is 0 Å². The van der Waals surface area contributed by atoms with Gasteiger partial charge in [-0.25, -0.2) is 0 Å². The molecule has 138 valence electrons. The maximum absolute atomic E-state index is 12.8. The topological polar surface area (TPSA) is 65.2 Å². The molecule has 2 aromatic rings. The molecule has 1 aromatic heterocycles. The Kier molecular flexibility index (Phi) is 4.69. The summed E-state index contributed by atoms with van der Waals surface area (Å²) in [6, 6.07) is 7.41. The Morgan fingerprint density at radius 2 is 2.00 bits per heavy atom. The normalized spacial score (nSPS) is 20.2. The van der Waals surface area contributed by atoms with Crippen LogP contribution in [0.4, 0.5) is 0 Å². The first kappa shape index (κ1) is 17.1. The molecule has 1 N–H and O–H groups in total. The molecule has 0 bridgehead atoms. The Balaban J connectivity index is 1.33. The van der Waals surface area contributed by atoms with Crippen LogP contribution in [0.15, 0.2) is 34.4 Å².